The molecule has 0 saturated heterocycles. The van der Waals surface area contributed by atoms with Crippen LogP contribution in [0.2, 0.25) is 0 Å². The number of methoxy groups -OCH3 is 1. The van der Waals surface area contributed by atoms with Crippen molar-refractivity contribution < 1.29 is 9.47 Å². The summed E-state index contributed by atoms with van der Waals surface area (Å²) in [6.07, 6.45) is 0. The van der Waals surface area contributed by atoms with E-state index >= 15 is 0 Å². The van der Waals surface area contributed by atoms with E-state index < -0.39 is 0 Å². The topological polar surface area (TPSA) is 18.5 Å². The van der Waals surface area contributed by atoms with E-state index in [0.717, 1.165) is 22.6 Å². The minimum Gasteiger partial charge on any atom is -0.493 e. The second-order valence-electron chi connectivity index (χ2n) is 3.77. The molecule has 0 aliphatic carbocycles. The minimum absolute atomic E-state index is 0.538. The Hall–Kier alpha value is -1.96. The molecule has 2 aromatic rings. The van der Waals surface area contributed by atoms with Crippen LogP contribution in [0.1, 0.15) is 11.1 Å². The molecular weight excluding hydrogens is 212 g/mol. The Morgan fingerprint density at radius 3 is 2.59 bits per heavy atom. The zero-order valence-electron chi connectivity index (χ0n) is 10.1. The maximum absolute atomic E-state index is 5.79. The van der Waals surface area contributed by atoms with Gasteiger partial charge in [0.1, 0.15) is 6.61 Å². The molecule has 0 unspecified atom stereocenters. The molecule has 0 saturated carbocycles. The van der Waals surface area contributed by atoms with Crippen molar-refractivity contribution in [2.24, 2.45) is 0 Å². The van der Waals surface area contributed by atoms with Gasteiger partial charge in [-0.3, -0.25) is 0 Å². The van der Waals surface area contributed by atoms with Crippen molar-refractivity contribution in [3.63, 3.8) is 0 Å². The molecule has 0 atom stereocenters. The van der Waals surface area contributed by atoms with Gasteiger partial charge in [0.25, 0.3) is 0 Å². The van der Waals surface area contributed by atoms with E-state index in [2.05, 4.69) is 6.07 Å². The third kappa shape index (κ3) is 2.78. The predicted molar refractivity (Wildman–Crippen MR) is 67.3 cm³/mol. The monoisotopic (exact) mass is 227 g/mol. The summed E-state index contributed by atoms with van der Waals surface area (Å²) in [6.45, 7) is 2.50. The molecule has 0 heterocycles. The van der Waals surface area contributed by atoms with Gasteiger partial charge in [-0.25, -0.2) is 0 Å². The third-order valence-corrected chi connectivity index (χ3v) is 2.54. The molecule has 1 radical (unpaired) electrons. The van der Waals surface area contributed by atoms with Crippen molar-refractivity contribution in [1.29, 1.82) is 0 Å². The van der Waals surface area contributed by atoms with E-state index in [1.807, 2.05) is 49.4 Å². The van der Waals surface area contributed by atoms with Gasteiger partial charge in [0.2, 0.25) is 0 Å². The van der Waals surface area contributed by atoms with Crippen LogP contribution in [0.3, 0.4) is 0 Å². The predicted octanol–water partition coefficient (Wildman–Crippen LogP) is 3.38. The van der Waals surface area contributed by atoms with Gasteiger partial charge in [0, 0.05) is 5.56 Å². The first-order chi connectivity index (χ1) is 8.31. The van der Waals surface area contributed by atoms with Crippen molar-refractivity contribution >= 4 is 0 Å². The van der Waals surface area contributed by atoms with Crippen molar-refractivity contribution in [1.82, 2.24) is 0 Å². The Bertz CT molecular complexity index is 478. The number of hydrogen-bond acceptors (Lipinski definition) is 2. The van der Waals surface area contributed by atoms with Gasteiger partial charge in [0.15, 0.2) is 11.5 Å². The van der Waals surface area contributed by atoms with Crippen LogP contribution in [0.25, 0.3) is 0 Å². The van der Waals surface area contributed by atoms with E-state index in [0.29, 0.717) is 6.61 Å². The van der Waals surface area contributed by atoms with Gasteiger partial charge in [-0.1, -0.05) is 36.4 Å². The molecule has 2 nitrogen and oxygen atoms in total. The fourth-order valence-corrected chi connectivity index (χ4v) is 1.64. The van der Waals surface area contributed by atoms with E-state index in [9.17, 15) is 0 Å². The van der Waals surface area contributed by atoms with E-state index in [4.69, 9.17) is 9.47 Å². The second-order valence-corrected chi connectivity index (χ2v) is 3.77. The number of benzene rings is 2. The molecule has 0 spiro atoms. The maximum atomic E-state index is 5.79. The molecule has 0 amide bonds. The average Bonchev–Trinajstić information content (AvgIpc) is 2.38. The largest absolute Gasteiger partial charge is 0.493 e. The molecule has 0 fully saturated rings. The highest BCUT2D eigenvalue weighted by molar-refractivity contribution is 5.45. The van der Waals surface area contributed by atoms with Gasteiger partial charge in [-0.2, -0.15) is 0 Å². The Kier molecular flexibility index (Phi) is 3.66. The van der Waals surface area contributed by atoms with Crippen LogP contribution in [0.4, 0.5) is 0 Å². The lowest BCUT2D eigenvalue weighted by molar-refractivity contribution is 0.282. The molecule has 2 rings (SSSR count). The molecular formula is C15H15O2. The Morgan fingerprint density at radius 2 is 1.88 bits per heavy atom. The zero-order valence-corrected chi connectivity index (χ0v) is 10.1. The summed E-state index contributed by atoms with van der Waals surface area (Å²) in [5.74, 6) is 1.51. The quantitative estimate of drug-likeness (QED) is 0.797. The van der Waals surface area contributed by atoms with E-state index in [1.54, 1.807) is 7.11 Å². The normalized spacial score (nSPS) is 10.0. The van der Waals surface area contributed by atoms with Crippen LogP contribution in [-0.2, 0) is 6.61 Å². The van der Waals surface area contributed by atoms with Crippen molar-refractivity contribution in [2.75, 3.05) is 7.11 Å². The van der Waals surface area contributed by atoms with E-state index in [1.165, 1.54) is 0 Å². The fourth-order valence-electron chi connectivity index (χ4n) is 1.64. The summed E-state index contributed by atoms with van der Waals surface area (Å²) < 4.78 is 11.1. The van der Waals surface area contributed by atoms with Crippen molar-refractivity contribution in [2.45, 2.75) is 13.5 Å². The van der Waals surface area contributed by atoms with Crippen molar-refractivity contribution in [3.05, 3.63) is 59.7 Å². The van der Waals surface area contributed by atoms with Crippen LogP contribution in [-0.4, -0.2) is 7.11 Å². The molecule has 0 bridgehead atoms. The average molecular weight is 227 g/mol. The maximum Gasteiger partial charge on any atom is 0.165 e. The van der Waals surface area contributed by atoms with Crippen LogP contribution in [0, 0.1) is 13.0 Å². The second kappa shape index (κ2) is 5.39. The summed E-state index contributed by atoms with van der Waals surface area (Å²) in [7, 11) is 1.64. The highest BCUT2D eigenvalue weighted by atomic mass is 16.5. The Balaban J connectivity index is 2.14. The van der Waals surface area contributed by atoms with Gasteiger partial charge >= 0.3 is 0 Å². The molecule has 87 valence electrons. The number of aryl methyl sites for hydroxylation is 1. The smallest absolute Gasteiger partial charge is 0.165 e. The lowest BCUT2D eigenvalue weighted by Gasteiger charge is -2.12. The molecule has 17 heavy (non-hydrogen) atoms. The molecule has 2 aromatic carbocycles. The van der Waals surface area contributed by atoms with Crippen LogP contribution in [0.5, 0.6) is 11.5 Å². The van der Waals surface area contributed by atoms with E-state index in [-0.39, 0.29) is 0 Å². The van der Waals surface area contributed by atoms with Gasteiger partial charge in [-0.15, -0.1) is 0 Å². The molecule has 0 aliphatic rings. The van der Waals surface area contributed by atoms with Crippen LogP contribution >= 0.6 is 0 Å². The number of hydrogen-bond donors (Lipinski definition) is 0. The van der Waals surface area contributed by atoms with Gasteiger partial charge in [-0.05, 0) is 24.6 Å². The third-order valence-electron chi connectivity index (χ3n) is 2.54. The fraction of sp³-hybridized carbons (Fsp3) is 0.200. The van der Waals surface area contributed by atoms with Crippen LogP contribution < -0.4 is 9.47 Å². The Morgan fingerprint density at radius 1 is 1.12 bits per heavy atom. The zero-order chi connectivity index (χ0) is 12.1. The summed E-state index contributed by atoms with van der Waals surface area (Å²) in [5, 5.41) is 0. The first-order valence-electron chi connectivity index (χ1n) is 5.53. The SMILES string of the molecule is COc1cc[c]c(C)c1OCc1ccccc1. The first kappa shape index (κ1) is 11.5. The van der Waals surface area contributed by atoms with Gasteiger partial charge < -0.3 is 9.47 Å². The highest BCUT2D eigenvalue weighted by Gasteiger charge is 2.07. The summed E-state index contributed by atoms with van der Waals surface area (Å²) in [5.41, 5.74) is 2.10. The minimum atomic E-state index is 0.538. The lowest BCUT2D eigenvalue weighted by atomic mass is 10.2. The molecule has 0 N–H and O–H groups in total. The summed E-state index contributed by atoms with van der Waals surface area (Å²) in [6, 6.07) is 16.9. The number of rotatable bonds is 4. The Labute approximate surface area is 102 Å². The van der Waals surface area contributed by atoms with Crippen LogP contribution in [0.15, 0.2) is 42.5 Å². The molecule has 2 heteroatoms. The summed E-state index contributed by atoms with van der Waals surface area (Å²) in [4.78, 5) is 0. The lowest BCUT2D eigenvalue weighted by Crippen LogP contribution is -1.99. The standard InChI is InChI=1S/C15H15O2/c1-12-7-6-10-14(16-2)15(12)17-11-13-8-4-3-5-9-13/h3-6,8-10H,11H2,1-2H3. The molecule has 0 aliphatic heterocycles. The first-order valence-corrected chi connectivity index (χ1v) is 5.53. The number of ether oxygens (including phenoxy) is 2. The van der Waals surface area contributed by atoms with Gasteiger partial charge in [0.05, 0.1) is 7.11 Å². The van der Waals surface area contributed by atoms with Crippen molar-refractivity contribution in [3.8, 4) is 11.5 Å². The summed E-state index contributed by atoms with van der Waals surface area (Å²) >= 11 is 0. The molecule has 0 aromatic heterocycles. The highest BCUT2D eigenvalue weighted by Crippen LogP contribution is 2.30.